The number of carbonyl (C=O) groups excluding carboxylic acids is 2. The highest BCUT2D eigenvalue weighted by Gasteiger charge is 2.55. The number of rotatable bonds is 5. The topological polar surface area (TPSA) is 71.6 Å². The number of hydrazone groups is 1. The van der Waals surface area contributed by atoms with E-state index in [0.717, 1.165) is 31.5 Å². The van der Waals surface area contributed by atoms with Crippen LogP contribution in [0.4, 0.5) is 4.79 Å². The Bertz CT molecular complexity index is 695. The number of imide groups is 1. The van der Waals surface area contributed by atoms with Crippen molar-refractivity contribution in [3.05, 3.63) is 0 Å². The van der Waals surface area contributed by atoms with E-state index in [9.17, 15) is 9.59 Å². The Kier molecular flexibility index (Phi) is 4.62. The molecule has 8 nitrogen and oxygen atoms in total. The number of fused-ring (bicyclic) bond motifs is 2. The molecule has 0 N–H and O–H groups in total. The van der Waals surface area contributed by atoms with E-state index in [-0.39, 0.29) is 18.0 Å². The Morgan fingerprint density at radius 2 is 1.88 bits per heavy atom. The number of nitrogens with zero attached hydrogens (tertiary/aromatic N) is 6. The van der Waals surface area contributed by atoms with Crippen LogP contribution < -0.4 is 0 Å². The summed E-state index contributed by atoms with van der Waals surface area (Å²) in [7, 11) is 1.69. The molecule has 2 unspecified atom stereocenters. The molecular weight excluding hydrogens is 320 g/mol. The molecule has 3 aliphatic heterocycles. The van der Waals surface area contributed by atoms with Crippen LogP contribution in [0.1, 0.15) is 47.0 Å². The van der Waals surface area contributed by atoms with E-state index in [2.05, 4.69) is 17.0 Å². The second kappa shape index (κ2) is 6.57. The first-order valence-corrected chi connectivity index (χ1v) is 9.07. The Morgan fingerprint density at radius 1 is 1.16 bits per heavy atom. The molecular formula is C17H27N6O2+. The first-order valence-electron chi connectivity index (χ1n) is 9.07. The molecule has 25 heavy (non-hydrogen) atoms. The van der Waals surface area contributed by atoms with Crippen LogP contribution in [0.3, 0.4) is 0 Å². The molecule has 1 saturated heterocycles. The number of carbonyl (C=O) groups is 2. The fraction of sp³-hybridized carbons (Fsp3) is 0.706. The maximum atomic E-state index is 13.1. The third-order valence-electron chi connectivity index (χ3n) is 5.03. The van der Waals surface area contributed by atoms with Crippen molar-refractivity contribution < 1.29 is 14.2 Å². The second-order valence-corrected chi connectivity index (χ2v) is 6.81. The number of hydrogen-bond donors (Lipinski definition) is 0. The monoisotopic (exact) mass is 347 g/mol. The number of urea groups is 1. The van der Waals surface area contributed by atoms with Crippen molar-refractivity contribution in [1.82, 2.24) is 14.8 Å². The van der Waals surface area contributed by atoms with Gasteiger partial charge in [-0.15, -0.1) is 10.1 Å². The molecule has 136 valence electrons. The fourth-order valence-corrected chi connectivity index (χ4v) is 3.47. The zero-order valence-corrected chi connectivity index (χ0v) is 15.7. The molecule has 0 aliphatic carbocycles. The molecule has 0 spiro atoms. The Balaban J connectivity index is 2.03. The molecule has 2 atom stereocenters. The Labute approximate surface area is 148 Å². The molecule has 3 heterocycles. The van der Waals surface area contributed by atoms with Crippen molar-refractivity contribution >= 4 is 29.4 Å². The minimum Gasteiger partial charge on any atom is -0.270 e. The smallest absolute Gasteiger partial charge is 0.270 e. The largest absolute Gasteiger partial charge is 0.416 e. The number of guanidine groups is 1. The second-order valence-electron chi connectivity index (χ2n) is 6.81. The maximum absolute atomic E-state index is 13.1. The predicted octanol–water partition coefficient (Wildman–Crippen LogP) is 1.32. The normalized spacial score (nSPS) is 26.0. The molecule has 0 aromatic rings. The first kappa shape index (κ1) is 17.6. The minimum absolute atomic E-state index is 0.0341. The van der Waals surface area contributed by atoms with Crippen LogP contribution in [0.15, 0.2) is 10.1 Å². The van der Waals surface area contributed by atoms with Crippen LogP contribution in [0, 0.1) is 0 Å². The summed E-state index contributed by atoms with van der Waals surface area (Å²) in [6, 6.07) is -0.880. The number of hydrogen-bond acceptors (Lipinski definition) is 5. The molecule has 3 amide bonds. The van der Waals surface area contributed by atoms with Gasteiger partial charge in [-0.3, -0.25) is 14.6 Å². The summed E-state index contributed by atoms with van der Waals surface area (Å²) in [5.41, 5.74) is 0.950. The highest BCUT2D eigenvalue weighted by molar-refractivity contribution is 6.23. The van der Waals surface area contributed by atoms with E-state index in [1.165, 1.54) is 9.80 Å². The molecule has 0 saturated carbocycles. The lowest BCUT2D eigenvalue weighted by atomic mass is 10.1. The van der Waals surface area contributed by atoms with E-state index >= 15 is 0 Å². The van der Waals surface area contributed by atoms with Crippen LogP contribution in [0.5, 0.6) is 0 Å². The Morgan fingerprint density at radius 3 is 2.52 bits per heavy atom. The van der Waals surface area contributed by atoms with E-state index in [0.29, 0.717) is 18.3 Å². The van der Waals surface area contributed by atoms with Gasteiger partial charge >= 0.3 is 12.0 Å². The first-order chi connectivity index (χ1) is 11.9. The standard InChI is InChI=1S/C17H27N6O2/c1-6-8-10-22-16-18-14-13(23(16)12(4)11(3)19-22)15(24)21(9-7-2)17(25)20(14)5/h12-13H,6-10H2,1-5H3/q+1. The number of amides is 3. The third kappa shape index (κ3) is 2.63. The molecule has 8 heteroatoms. The fourth-order valence-electron chi connectivity index (χ4n) is 3.47. The molecule has 3 aliphatic rings. The number of unbranched alkanes of at least 4 members (excludes halogenated alkanes) is 1. The van der Waals surface area contributed by atoms with Crippen LogP contribution in [-0.2, 0) is 4.79 Å². The minimum atomic E-state index is -0.547. The van der Waals surface area contributed by atoms with Gasteiger partial charge in [-0.05, 0) is 26.7 Å². The van der Waals surface area contributed by atoms with Crippen LogP contribution in [-0.4, -0.2) is 81.1 Å². The molecule has 0 radical (unpaired) electrons. The van der Waals surface area contributed by atoms with Gasteiger partial charge in [0.1, 0.15) is 6.04 Å². The van der Waals surface area contributed by atoms with E-state index in [4.69, 9.17) is 0 Å². The third-order valence-corrected chi connectivity index (χ3v) is 5.03. The molecule has 0 bridgehead atoms. The van der Waals surface area contributed by atoms with Crippen molar-refractivity contribution in [2.45, 2.75) is 59.0 Å². The van der Waals surface area contributed by atoms with Gasteiger partial charge in [-0.1, -0.05) is 25.3 Å². The summed E-state index contributed by atoms with van der Waals surface area (Å²) in [5.74, 6) is 1.00. The summed E-state index contributed by atoms with van der Waals surface area (Å²) in [4.78, 5) is 33.1. The van der Waals surface area contributed by atoms with Gasteiger partial charge in [0.15, 0.2) is 0 Å². The average Bonchev–Trinajstić information content (AvgIpc) is 3.00. The van der Waals surface area contributed by atoms with E-state index < -0.39 is 6.04 Å². The van der Waals surface area contributed by atoms with E-state index in [1.54, 1.807) is 7.05 Å². The van der Waals surface area contributed by atoms with Crippen LogP contribution >= 0.6 is 0 Å². The van der Waals surface area contributed by atoms with Crippen LogP contribution in [0.25, 0.3) is 0 Å². The predicted molar refractivity (Wildman–Crippen MR) is 95.8 cm³/mol. The zero-order valence-electron chi connectivity index (χ0n) is 15.7. The van der Waals surface area contributed by atoms with Gasteiger partial charge in [0.05, 0.1) is 12.3 Å². The maximum Gasteiger partial charge on any atom is 0.416 e. The van der Waals surface area contributed by atoms with Crippen molar-refractivity contribution in [2.75, 3.05) is 20.1 Å². The lowest BCUT2D eigenvalue weighted by Crippen LogP contribution is -2.64. The Hall–Kier alpha value is -2.25. The number of likely N-dealkylation sites (N-methyl/N-ethyl adjacent to an activating group) is 1. The van der Waals surface area contributed by atoms with Crippen molar-refractivity contribution in [2.24, 2.45) is 10.1 Å². The van der Waals surface area contributed by atoms with Gasteiger partial charge in [-0.2, -0.15) is 0 Å². The summed E-state index contributed by atoms with van der Waals surface area (Å²) in [5, 5.41) is 6.54. The number of amidine groups is 1. The summed E-state index contributed by atoms with van der Waals surface area (Å²) in [6.45, 7) is 9.27. The van der Waals surface area contributed by atoms with Crippen molar-refractivity contribution in [3.63, 3.8) is 0 Å². The summed E-state index contributed by atoms with van der Waals surface area (Å²) in [6.07, 6.45) is 2.78. The summed E-state index contributed by atoms with van der Waals surface area (Å²) < 4.78 is 2.02. The zero-order chi connectivity index (χ0) is 18.3. The van der Waals surface area contributed by atoms with Crippen LogP contribution in [0.2, 0.25) is 0 Å². The van der Waals surface area contributed by atoms with E-state index in [1.807, 2.05) is 30.4 Å². The van der Waals surface area contributed by atoms with Gasteiger partial charge in [0.2, 0.25) is 11.9 Å². The van der Waals surface area contributed by atoms with Crippen molar-refractivity contribution in [3.8, 4) is 0 Å². The van der Waals surface area contributed by atoms with Gasteiger partial charge < -0.3 is 0 Å². The quantitative estimate of drug-likeness (QED) is 0.704. The molecule has 0 aromatic heterocycles. The molecule has 0 aromatic carbocycles. The average molecular weight is 347 g/mol. The van der Waals surface area contributed by atoms with Gasteiger partial charge in [0.25, 0.3) is 5.91 Å². The number of aliphatic imine (C=N–C) groups is 1. The highest BCUT2D eigenvalue weighted by atomic mass is 16.2. The molecule has 3 rings (SSSR count). The lowest BCUT2D eigenvalue weighted by molar-refractivity contribution is -0.559. The molecule has 1 fully saturated rings. The summed E-state index contributed by atoms with van der Waals surface area (Å²) >= 11 is 0. The van der Waals surface area contributed by atoms with Gasteiger partial charge in [0, 0.05) is 13.6 Å². The van der Waals surface area contributed by atoms with Gasteiger partial charge in [-0.25, -0.2) is 9.37 Å². The SMILES string of the molecule is CCCCN1N=C(C)C(C)[N+]2=C1N=C1C2C(=O)N(CCC)C(=O)N1C. The highest BCUT2D eigenvalue weighted by Crippen LogP contribution is 2.25. The lowest BCUT2D eigenvalue weighted by Gasteiger charge is -2.35. The van der Waals surface area contributed by atoms with Crippen molar-refractivity contribution in [1.29, 1.82) is 0 Å².